The van der Waals surface area contributed by atoms with Gasteiger partial charge in [0, 0.05) is 6.07 Å². The topological polar surface area (TPSA) is 90.7 Å². The lowest BCUT2D eigenvalue weighted by molar-refractivity contribution is 0.572. The third-order valence-corrected chi connectivity index (χ3v) is 2.43. The van der Waals surface area contributed by atoms with E-state index in [9.17, 15) is 4.39 Å². The molecule has 2 aromatic rings. The highest BCUT2D eigenvalue weighted by atomic mass is 32.2. The Bertz CT molecular complexity index is 499. The Morgan fingerprint density at radius 3 is 2.38 bits per heavy atom. The molecule has 0 unspecified atom stereocenters. The van der Waals surface area contributed by atoms with Gasteiger partial charge in [0.05, 0.1) is 0 Å². The lowest BCUT2D eigenvalue weighted by atomic mass is 10.5. The van der Waals surface area contributed by atoms with Gasteiger partial charge in [0.25, 0.3) is 0 Å². The zero-order valence-electron chi connectivity index (χ0n) is 8.09. The van der Waals surface area contributed by atoms with Crippen LogP contribution in [0.4, 0.5) is 16.0 Å². The summed E-state index contributed by atoms with van der Waals surface area (Å²) in [6.45, 7) is 0. The maximum absolute atomic E-state index is 12.8. The minimum Gasteiger partial charge on any atom is -0.383 e. The molecule has 16 heavy (non-hydrogen) atoms. The van der Waals surface area contributed by atoms with Gasteiger partial charge < -0.3 is 11.5 Å². The number of anilines is 2. The summed E-state index contributed by atoms with van der Waals surface area (Å²) in [5, 5.41) is 0.792. The van der Waals surface area contributed by atoms with Crippen molar-refractivity contribution >= 4 is 23.4 Å². The van der Waals surface area contributed by atoms with E-state index in [0.29, 0.717) is 10.2 Å². The molecule has 0 fully saturated rings. The molecular weight excluding hydrogens is 229 g/mol. The highest BCUT2D eigenvalue weighted by Gasteiger charge is 2.05. The summed E-state index contributed by atoms with van der Waals surface area (Å²) >= 11 is 1.10. The van der Waals surface area contributed by atoms with E-state index in [2.05, 4.69) is 15.0 Å². The van der Waals surface area contributed by atoms with Crippen LogP contribution in [0, 0.1) is 5.95 Å². The average molecular weight is 237 g/mol. The normalized spacial score (nSPS) is 10.3. The molecule has 7 heteroatoms. The van der Waals surface area contributed by atoms with Crippen LogP contribution in [-0.2, 0) is 0 Å². The largest absolute Gasteiger partial charge is 0.383 e. The van der Waals surface area contributed by atoms with Crippen LogP contribution in [0.3, 0.4) is 0 Å². The molecule has 4 N–H and O–H groups in total. The van der Waals surface area contributed by atoms with Gasteiger partial charge in [-0.1, -0.05) is 6.07 Å². The quantitative estimate of drug-likeness (QED) is 0.604. The number of halogens is 1. The van der Waals surface area contributed by atoms with Crippen molar-refractivity contribution < 1.29 is 4.39 Å². The Balaban J connectivity index is 2.27. The first kappa shape index (κ1) is 10.6. The number of aromatic nitrogens is 3. The van der Waals surface area contributed by atoms with Gasteiger partial charge in [0.2, 0.25) is 5.95 Å². The van der Waals surface area contributed by atoms with E-state index in [-0.39, 0.29) is 11.6 Å². The van der Waals surface area contributed by atoms with Gasteiger partial charge in [0.1, 0.15) is 16.7 Å². The average Bonchev–Trinajstić information content (AvgIpc) is 2.15. The monoisotopic (exact) mass is 237 g/mol. The number of pyridine rings is 1. The van der Waals surface area contributed by atoms with Gasteiger partial charge in [0.15, 0.2) is 5.16 Å². The van der Waals surface area contributed by atoms with Crippen LogP contribution in [0.1, 0.15) is 0 Å². The molecule has 2 heterocycles. The lowest BCUT2D eigenvalue weighted by Crippen LogP contribution is -1.99. The number of rotatable bonds is 2. The van der Waals surface area contributed by atoms with E-state index in [0.717, 1.165) is 11.8 Å². The van der Waals surface area contributed by atoms with Crippen molar-refractivity contribution in [3.8, 4) is 0 Å². The van der Waals surface area contributed by atoms with E-state index in [1.165, 1.54) is 12.1 Å². The second-order valence-electron chi connectivity index (χ2n) is 2.90. The highest BCUT2D eigenvalue weighted by molar-refractivity contribution is 7.99. The van der Waals surface area contributed by atoms with Crippen LogP contribution >= 0.6 is 11.8 Å². The number of nitrogens with zero attached hydrogens (tertiary/aromatic N) is 3. The molecule has 0 aliphatic rings. The molecule has 0 radical (unpaired) electrons. The van der Waals surface area contributed by atoms with Gasteiger partial charge in [-0.2, -0.15) is 4.39 Å². The highest BCUT2D eigenvalue weighted by Crippen LogP contribution is 2.23. The predicted octanol–water partition coefficient (Wildman–Crippen LogP) is 1.33. The molecule has 5 nitrogen and oxygen atoms in total. The predicted molar refractivity (Wildman–Crippen MR) is 59.2 cm³/mol. The summed E-state index contributed by atoms with van der Waals surface area (Å²) in [7, 11) is 0. The van der Waals surface area contributed by atoms with Crippen molar-refractivity contribution in [2.75, 3.05) is 11.5 Å². The maximum atomic E-state index is 12.8. The van der Waals surface area contributed by atoms with E-state index < -0.39 is 5.95 Å². The van der Waals surface area contributed by atoms with Crippen LogP contribution < -0.4 is 11.5 Å². The SMILES string of the molecule is Nc1cc(N)nc(Sc2cccc(F)n2)n1. The molecule has 0 aliphatic heterocycles. The molecule has 0 atom stereocenters. The first-order chi connectivity index (χ1) is 7.63. The smallest absolute Gasteiger partial charge is 0.213 e. The van der Waals surface area contributed by atoms with Crippen LogP contribution in [-0.4, -0.2) is 15.0 Å². The van der Waals surface area contributed by atoms with E-state index in [1.807, 2.05) is 0 Å². The molecule has 2 rings (SSSR count). The molecule has 0 saturated heterocycles. The third-order valence-electron chi connectivity index (χ3n) is 1.63. The number of nitrogens with two attached hydrogens (primary N) is 2. The van der Waals surface area contributed by atoms with Gasteiger partial charge >= 0.3 is 0 Å². The van der Waals surface area contributed by atoms with E-state index in [1.54, 1.807) is 12.1 Å². The third kappa shape index (κ3) is 2.57. The van der Waals surface area contributed by atoms with Crippen molar-refractivity contribution in [3.63, 3.8) is 0 Å². The minimum atomic E-state index is -0.554. The van der Waals surface area contributed by atoms with Crippen molar-refractivity contribution in [2.24, 2.45) is 0 Å². The van der Waals surface area contributed by atoms with E-state index in [4.69, 9.17) is 11.5 Å². The molecule has 0 bridgehead atoms. The molecule has 0 saturated carbocycles. The lowest BCUT2D eigenvalue weighted by Gasteiger charge is -2.01. The number of hydrogen-bond donors (Lipinski definition) is 2. The molecule has 2 aromatic heterocycles. The van der Waals surface area contributed by atoms with Gasteiger partial charge in [-0.3, -0.25) is 0 Å². The number of nitrogen functional groups attached to an aromatic ring is 2. The summed E-state index contributed by atoms with van der Waals surface area (Å²) < 4.78 is 12.8. The standard InChI is InChI=1S/C9H8FN5S/c10-5-2-1-3-8(13-5)16-9-14-6(11)4-7(12)15-9/h1-4H,(H4,11,12,14,15). The summed E-state index contributed by atoms with van der Waals surface area (Å²) in [6.07, 6.45) is 0. The maximum Gasteiger partial charge on any atom is 0.213 e. The zero-order chi connectivity index (χ0) is 11.5. The summed E-state index contributed by atoms with van der Waals surface area (Å²) in [4.78, 5) is 11.6. The molecule has 0 amide bonds. The molecular formula is C9H8FN5S. The van der Waals surface area contributed by atoms with Crippen molar-refractivity contribution in [1.29, 1.82) is 0 Å². The van der Waals surface area contributed by atoms with Gasteiger partial charge in [-0.25, -0.2) is 15.0 Å². The first-order valence-electron chi connectivity index (χ1n) is 4.34. The Kier molecular flexibility index (Phi) is 2.86. The zero-order valence-corrected chi connectivity index (χ0v) is 8.91. The van der Waals surface area contributed by atoms with Gasteiger partial charge in [-0.05, 0) is 23.9 Å². The van der Waals surface area contributed by atoms with Gasteiger partial charge in [-0.15, -0.1) is 0 Å². The fraction of sp³-hybridized carbons (Fsp3) is 0. The van der Waals surface area contributed by atoms with Crippen molar-refractivity contribution in [1.82, 2.24) is 15.0 Å². The molecule has 0 aromatic carbocycles. The van der Waals surface area contributed by atoms with Crippen LogP contribution in [0.2, 0.25) is 0 Å². The second kappa shape index (κ2) is 4.31. The summed E-state index contributed by atoms with van der Waals surface area (Å²) in [6, 6.07) is 5.92. The molecule has 0 spiro atoms. The van der Waals surface area contributed by atoms with Crippen molar-refractivity contribution in [2.45, 2.75) is 10.2 Å². The summed E-state index contributed by atoms with van der Waals surface area (Å²) in [5.41, 5.74) is 11.0. The fourth-order valence-corrected chi connectivity index (χ4v) is 1.82. The minimum absolute atomic E-state index is 0.270. The van der Waals surface area contributed by atoms with Crippen molar-refractivity contribution in [3.05, 3.63) is 30.2 Å². The summed E-state index contributed by atoms with van der Waals surface area (Å²) in [5.74, 6) is -0.0142. The second-order valence-corrected chi connectivity index (χ2v) is 3.89. The first-order valence-corrected chi connectivity index (χ1v) is 5.15. The van der Waals surface area contributed by atoms with Crippen LogP contribution in [0.15, 0.2) is 34.4 Å². The Hall–Kier alpha value is -1.89. The Morgan fingerprint density at radius 1 is 1.06 bits per heavy atom. The van der Waals surface area contributed by atoms with E-state index >= 15 is 0 Å². The fourth-order valence-electron chi connectivity index (χ4n) is 1.05. The molecule has 82 valence electrons. The number of hydrogen-bond acceptors (Lipinski definition) is 6. The Morgan fingerprint density at radius 2 is 1.75 bits per heavy atom. The Labute approximate surface area is 95.1 Å². The van der Waals surface area contributed by atoms with Crippen LogP contribution in [0.5, 0.6) is 0 Å². The van der Waals surface area contributed by atoms with Crippen LogP contribution in [0.25, 0.3) is 0 Å². The molecule has 0 aliphatic carbocycles.